The van der Waals surface area contributed by atoms with Crippen LogP contribution in [-0.4, -0.2) is 18.5 Å². The molecule has 2 N–H and O–H groups in total. The van der Waals surface area contributed by atoms with E-state index in [0.717, 1.165) is 19.5 Å². The molecule has 15 heavy (non-hydrogen) atoms. The first-order valence-electron chi connectivity index (χ1n) is 5.27. The summed E-state index contributed by atoms with van der Waals surface area (Å²) in [6.07, 6.45) is 1.65. The lowest BCUT2D eigenvalue weighted by Gasteiger charge is -2.10. The highest BCUT2D eigenvalue weighted by molar-refractivity contribution is 7.08. The average molecular weight is 224 g/mol. The molecule has 1 aromatic heterocycles. The third-order valence-corrected chi connectivity index (χ3v) is 3.66. The maximum absolute atomic E-state index is 11.0. The Kier molecular flexibility index (Phi) is 3.38. The van der Waals surface area contributed by atoms with E-state index in [2.05, 4.69) is 28.3 Å². The molecule has 4 heteroatoms. The van der Waals surface area contributed by atoms with Crippen LogP contribution in [0.25, 0.3) is 0 Å². The fourth-order valence-corrected chi connectivity index (χ4v) is 2.64. The Morgan fingerprint density at radius 2 is 2.47 bits per heavy atom. The third-order valence-electron chi connectivity index (χ3n) is 2.75. The highest BCUT2D eigenvalue weighted by Crippen LogP contribution is 2.13. The number of amides is 1. The van der Waals surface area contributed by atoms with Crippen molar-refractivity contribution in [3.63, 3.8) is 0 Å². The molecule has 1 saturated heterocycles. The van der Waals surface area contributed by atoms with E-state index in [4.69, 9.17) is 0 Å². The van der Waals surface area contributed by atoms with Crippen LogP contribution >= 0.6 is 11.3 Å². The summed E-state index contributed by atoms with van der Waals surface area (Å²) in [7, 11) is 0. The molecule has 2 heterocycles. The van der Waals surface area contributed by atoms with Crippen molar-refractivity contribution in [3.8, 4) is 0 Å². The number of carbonyl (C=O) groups excluding carboxylic acids is 1. The zero-order valence-electron chi connectivity index (χ0n) is 8.88. The highest BCUT2D eigenvalue weighted by atomic mass is 32.1. The molecule has 1 aliphatic heterocycles. The summed E-state index contributed by atoms with van der Waals surface area (Å²) in [5.41, 5.74) is 2.72. The van der Waals surface area contributed by atoms with Gasteiger partial charge in [-0.25, -0.2) is 0 Å². The van der Waals surface area contributed by atoms with Crippen LogP contribution in [0.5, 0.6) is 0 Å². The Morgan fingerprint density at radius 3 is 3.07 bits per heavy atom. The second kappa shape index (κ2) is 4.77. The summed E-state index contributed by atoms with van der Waals surface area (Å²) >= 11 is 1.74. The average Bonchev–Trinajstić information content (AvgIpc) is 2.77. The molecule has 1 fully saturated rings. The van der Waals surface area contributed by atoms with Crippen LogP contribution < -0.4 is 10.6 Å². The molecule has 0 aliphatic carbocycles. The van der Waals surface area contributed by atoms with E-state index >= 15 is 0 Å². The second-order valence-corrected chi connectivity index (χ2v) is 4.76. The molecule has 82 valence electrons. The van der Waals surface area contributed by atoms with E-state index < -0.39 is 0 Å². The van der Waals surface area contributed by atoms with Crippen LogP contribution in [0.15, 0.2) is 10.8 Å². The normalized spacial score (nSPS) is 20.6. The molecule has 0 saturated carbocycles. The lowest BCUT2D eigenvalue weighted by molar-refractivity contribution is -0.119. The fraction of sp³-hybridized carbons (Fsp3) is 0.545. The van der Waals surface area contributed by atoms with Gasteiger partial charge in [0.25, 0.3) is 0 Å². The van der Waals surface area contributed by atoms with E-state index in [9.17, 15) is 4.79 Å². The smallest absolute Gasteiger partial charge is 0.220 e. The second-order valence-electron chi connectivity index (χ2n) is 4.01. The number of carbonyl (C=O) groups is 1. The number of rotatable bonds is 4. The lowest BCUT2D eigenvalue weighted by atomic mass is 10.2. The van der Waals surface area contributed by atoms with Gasteiger partial charge in [0.1, 0.15) is 0 Å². The molecule has 2 rings (SSSR count). The highest BCUT2D eigenvalue weighted by Gasteiger charge is 2.19. The number of aryl methyl sites for hydroxylation is 1. The SMILES string of the molecule is Cc1cscc1CNCC1CCC(=O)N1. The summed E-state index contributed by atoms with van der Waals surface area (Å²) in [6, 6.07) is 0.330. The Morgan fingerprint density at radius 1 is 1.60 bits per heavy atom. The summed E-state index contributed by atoms with van der Waals surface area (Å²) in [4.78, 5) is 11.0. The van der Waals surface area contributed by atoms with Crippen molar-refractivity contribution in [2.45, 2.75) is 32.4 Å². The van der Waals surface area contributed by atoms with Gasteiger partial charge in [-0.3, -0.25) is 4.79 Å². The van der Waals surface area contributed by atoms with E-state index in [1.54, 1.807) is 11.3 Å². The Hall–Kier alpha value is -0.870. The van der Waals surface area contributed by atoms with Gasteiger partial charge < -0.3 is 10.6 Å². The Labute approximate surface area is 93.9 Å². The molecular formula is C11H16N2OS. The van der Waals surface area contributed by atoms with Crippen molar-refractivity contribution in [2.75, 3.05) is 6.54 Å². The number of hydrogen-bond acceptors (Lipinski definition) is 3. The van der Waals surface area contributed by atoms with Gasteiger partial charge in [0.2, 0.25) is 5.91 Å². The summed E-state index contributed by atoms with van der Waals surface area (Å²) < 4.78 is 0. The molecule has 1 unspecified atom stereocenters. The van der Waals surface area contributed by atoms with Crippen LogP contribution in [0, 0.1) is 6.92 Å². The minimum Gasteiger partial charge on any atom is -0.352 e. The van der Waals surface area contributed by atoms with Gasteiger partial charge in [-0.15, -0.1) is 0 Å². The minimum atomic E-state index is 0.188. The number of nitrogens with one attached hydrogen (secondary N) is 2. The first-order chi connectivity index (χ1) is 7.25. The van der Waals surface area contributed by atoms with Crippen LogP contribution in [0.3, 0.4) is 0 Å². The van der Waals surface area contributed by atoms with Crippen molar-refractivity contribution in [1.82, 2.24) is 10.6 Å². The first-order valence-corrected chi connectivity index (χ1v) is 6.22. The third kappa shape index (κ3) is 2.79. The molecule has 0 spiro atoms. The standard InChI is InChI=1S/C11H16N2OS/c1-8-6-15-7-9(8)4-12-5-10-2-3-11(14)13-10/h6-7,10,12H,2-5H2,1H3,(H,13,14). The van der Waals surface area contributed by atoms with Crippen LogP contribution in [0.1, 0.15) is 24.0 Å². The van der Waals surface area contributed by atoms with Gasteiger partial charge in [-0.1, -0.05) is 0 Å². The van der Waals surface area contributed by atoms with Gasteiger partial charge in [0.15, 0.2) is 0 Å². The molecular weight excluding hydrogens is 208 g/mol. The van der Waals surface area contributed by atoms with Crippen LogP contribution in [0.2, 0.25) is 0 Å². The Balaban J connectivity index is 1.71. The monoisotopic (exact) mass is 224 g/mol. The molecule has 1 aromatic rings. The largest absolute Gasteiger partial charge is 0.352 e. The quantitative estimate of drug-likeness (QED) is 0.812. The lowest BCUT2D eigenvalue weighted by Crippen LogP contribution is -2.35. The first kappa shape index (κ1) is 10.6. The summed E-state index contributed by atoms with van der Waals surface area (Å²) in [5.74, 6) is 0.188. The van der Waals surface area contributed by atoms with E-state index in [-0.39, 0.29) is 5.91 Å². The van der Waals surface area contributed by atoms with Gasteiger partial charge in [0, 0.05) is 25.6 Å². The van der Waals surface area contributed by atoms with Crippen molar-refractivity contribution >= 4 is 17.2 Å². The Bertz CT molecular complexity index is 348. The zero-order valence-corrected chi connectivity index (χ0v) is 9.69. The van der Waals surface area contributed by atoms with Crippen LogP contribution in [-0.2, 0) is 11.3 Å². The molecule has 1 amide bonds. The van der Waals surface area contributed by atoms with Crippen molar-refractivity contribution in [1.29, 1.82) is 0 Å². The maximum Gasteiger partial charge on any atom is 0.220 e. The summed E-state index contributed by atoms with van der Waals surface area (Å²) in [6.45, 7) is 3.91. The minimum absolute atomic E-state index is 0.188. The number of hydrogen-bond donors (Lipinski definition) is 2. The fourth-order valence-electron chi connectivity index (χ4n) is 1.78. The van der Waals surface area contributed by atoms with Gasteiger partial charge in [0.05, 0.1) is 0 Å². The molecule has 0 radical (unpaired) electrons. The van der Waals surface area contributed by atoms with Gasteiger partial charge >= 0.3 is 0 Å². The molecule has 1 atom stereocenters. The zero-order chi connectivity index (χ0) is 10.7. The summed E-state index contributed by atoms with van der Waals surface area (Å²) in [5, 5.41) is 10.7. The van der Waals surface area contributed by atoms with Crippen molar-refractivity contribution in [3.05, 3.63) is 21.9 Å². The number of thiophene rings is 1. The van der Waals surface area contributed by atoms with E-state index in [0.29, 0.717) is 12.5 Å². The van der Waals surface area contributed by atoms with Crippen molar-refractivity contribution in [2.24, 2.45) is 0 Å². The van der Waals surface area contributed by atoms with Gasteiger partial charge in [-0.05, 0) is 35.2 Å². The van der Waals surface area contributed by atoms with E-state index in [1.165, 1.54) is 11.1 Å². The maximum atomic E-state index is 11.0. The molecule has 1 aliphatic rings. The van der Waals surface area contributed by atoms with Crippen molar-refractivity contribution < 1.29 is 4.79 Å². The predicted octanol–water partition coefficient (Wildman–Crippen LogP) is 1.42. The van der Waals surface area contributed by atoms with E-state index in [1.807, 2.05) is 0 Å². The molecule has 0 aromatic carbocycles. The molecule has 0 bridgehead atoms. The van der Waals surface area contributed by atoms with Crippen LogP contribution in [0.4, 0.5) is 0 Å². The topological polar surface area (TPSA) is 41.1 Å². The molecule has 3 nitrogen and oxygen atoms in total. The predicted molar refractivity (Wildman–Crippen MR) is 61.9 cm³/mol. The van der Waals surface area contributed by atoms with Gasteiger partial charge in [-0.2, -0.15) is 11.3 Å².